The van der Waals surface area contributed by atoms with Gasteiger partial charge in [0.1, 0.15) is 11.2 Å². The Morgan fingerprint density at radius 2 is 2.15 bits per heavy atom. The molecule has 0 amide bonds. The van der Waals surface area contributed by atoms with Gasteiger partial charge in [0.15, 0.2) is 11.5 Å². The number of carboxylic acid groups (broad SMARTS) is 1. The SMILES string of the molecule is Cc1sc2ncnc(-n3cc(N)c(C(=O)O)n3)c2c1C. The number of nitrogens with zero attached hydrogens (tertiary/aromatic N) is 4. The van der Waals surface area contributed by atoms with Crippen LogP contribution >= 0.6 is 11.3 Å². The first kappa shape index (κ1) is 12.5. The molecule has 3 aromatic heterocycles. The van der Waals surface area contributed by atoms with Gasteiger partial charge in [-0.15, -0.1) is 11.3 Å². The maximum atomic E-state index is 11.0. The van der Waals surface area contributed by atoms with Crippen LogP contribution in [0.3, 0.4) is 0 Å². The van der Waals surface area contributed by atoms with Crippen LogP contribution in [-0.2, 0) is 0 Å². The third-order valence-corrected chi connectivity index (χ3v) is 4.22. The number of hydrogen-bond acceptors (Lipinski definition) is 6. The van der Waals surface area contributed by atoms with E-state index in [0.717, 1.165) is 20.7 Å². The predicted molar refractivity (Wildman–Crippen MR) is 75.4 cm³/mol. The van der Waals surface area contributed by atoms with E-state index in [1.165, 1.54) is 17.2 Å². The van der Waals surface area contributed by atoms with Crippen LogP contribution in [0.5, 0.6) is 0 Å². The lowest BCUT2D eigenvalue weighted by atomic mass is 10.2. The van der Waals surface area contributed by atoms with Gasteiger partial charge < -0.3 is 10.8 Å². The van der Waals surface area contributed by atoms with E-state index in [4.69, 9.17) is 10.8 Å². The number of carbonyl (C=O) groups is 1. The van der Waals surface area contributed by atoms with Crippen LogP contribution in [0.15, 0.2) is 12.5 Å². The van der Waals surface area contributed by atoms with Crippen LogP contribution in [0.25, 0.3) is 16.0 Å². The largest absolute Gasteiger partial charge is 0.476 e. The molecule has 3 aromatic rings. The Kier molecular flexibility index (Phi) is 2.68. The third-order valence-electron chi connectivity index (χ3n) is 3.11. The smallest absolute Gasteiger partial charge is 0.358 e. The number of anilines is 1. The molecule has 0 atom stereocenters. The van der Waals surface area contributed by atoms with Crippen molar-refractivity contribution in [3.8, 4) is 5.82 Å². The topological polar surface area (TPSA) is 107 Å². The third kappa shape index (κ3) is 1.73. The first-order chi connectivity index (χ1) is 9.49. The van der Waals surface area contributed by atoms with Crippen LogP contribution < -0.4 is 5.73 Å². The second-order valence-electron chi connectivity index (χ2n) is 4.34. The zero-order valence-corrected chi connectivity index (χ0v) is 11.6. The van der Waals surface area contributed by atoms with Gasteiger partial charge >= 0.3 is 5.97 Å². The van der Waals surface area contributed by atoms with E-state index in [1.807, 2.05) is 13.8 Å². The molecule has 0 aliphatic heterocycles. The number of carboxylic acids is 1. The van der Waals surface area contributed by atoms with Crippen molar-refractivity contribution in [2.75, 3.05) is 5.73 Å². The minimum atomic E-state index is -1.16. The second-order valence-corrected chi connectivity index (χ2v) is 5.55. The zero-order chi connectivity index (χ0) is 14.4. The van der Waals surface area contributed by atoms with Crippen molar-refractivity contribution >= 4 is 33.2 Å². The van der Waals surface area contributed by atoms with Crippen LogP contribution in [0.2, 0.25) is 0 Å². The summed E-state index contributed by atoms with van der Waals surface area (Å²) in [5.74, 6) is -0.624. The van der Waals surface area contributed by atoms with Crippen molar-refractivity contribution in [3.63, 3.8) is 0 Å². The van der Waals surface area contributed by atoms with Crippen LogP contribution in [-0.4, -0.2) is 30.8 Å². The molecule has 3 N–H and O–H groups in total. The van der Waals surface area contributed by atoms with Crippen LogP contribution in [0.1, 0.15) is 20.9 Å². The number of nitrogen functional groups attached to an aromatic ring is 1. The molecule has 0 aromatic carbocycles. The second kappa shape index (κ2) is 4.27. The lowest BCUT2D eigenvalue weighted by Gasteiger charge is -2.02. The quantitative estimate of drug-likeness (QED) is 0.744. The predicted octanol–water partition coefficient (Wildman–Crippen LogP) is 1.77. The Hall–Kier alpha value is -2.48. The molecule has 0 aliphatic carbocycles. The molecule has 102 valence electrons. The number of aryl methyl sites for hydroxylation is 2. The van der Waals surface area contributed by atoms with E-state index in [-0.39, 0.29) is 11.4 Å². The van der Waals surface area contributed by atoms with Crippen molar-refractivity contribution in [2.45, 2.75) is 13.8 Å². The summed E-state index contributed by atoms with van der Waals surface area (Å²) in [7, 11) is 0. The fourth-order valence-corrected chi connectivity index (χ4v) is 2.99. The monoisotopic (exact) mass is 289 g/mol. The zero-order valence-electron chi connectivity index (χ0n) is 10.8. The van der Waals surface area contributed by atoms with Crippen molar-refractivity contribution < 1.29 is 9.90 Å². The Labute approximate surface area is 117 Å². The minimum absolute atomic E-state index is 0.105. The van der Waals surface area contributed by atoms with E-state index in [9.17, 15) is 4.79 Å². The molecule has 0 aliphatic rings. The van der Waals surface area contributed by atoms with E-state index < -0.39 is 5.97 Å². The number of fused-ring (bicyclic) bond motifs is 1. The summed E-state index contributed by atoms with van der Waals surface area (Å²) >= 11 is 1.57. The molecule has 0 saturated heterocycles. The molecule has 7 nitrogen and oxygen atoms in total. The first-order valence-corrected chi connectivity index (χ1v) is 6.60. The molecule has 8 heteroatoms. The van der Waals surface area contributed by atoms with Crippen molar-refractivity contribution in [1.29, 1.82) is 0 Å². The van der Waals surface area contributed by atoms with Crippen molar-refractivity contribution in [3.05, 3.63) is 28.7 Å². The van der Waals surface area contributed by atoms with Gasteiger partial charge in [-0.3, -0.25) is 0 Å². The standard InChI is InChI=1S/C12H11N5O2S/c1-5-6(2)20-11-8(5)10(14-4-15-11)17-3-7(13)9(16-17)12(18)19/h3-4H,13H2,1-2H3,(H,18,19). The molecule has 0 fully saturated rings. The number of nitrogens with two attached hydrogens (primary N) is 1. The fourth-order valence-electron chi connectivity index (χ4n) is 2.00. The van der Waals surface area contributed by atoms with Gasteiger partial charge in [0.2, 0.25) is 0 Å². The average molecular weight is 289 g/mol. The average Bonchev–Trinajstić information content (AvgIpc) is 2.91. The number of aromatic nitrogens is 4. The highest BCUT2D eigenvalue weighted by Crippen LogP contribution is 2.31. The molecular weight excluding hydrogens is 278 g/mol. The number of aromatic carboxylic acids is 1. The summed E-state index contributed by atoms with van der Waals surface area (Å²) in [6.07, 6.45) is 2.89. The molecule has 0 spiro atoms. The number of hydrogen-bond donors (Lipinski definition) is 2. The lowest BCUT2D eigenvalue weighted by Crippen LogP contribution is -2.04. The van der Waals surface area contributed by atoms with Gasteiger partial charge in [-0.05, 0) is 19.4 Å². The molecule has 0 unspecified atom stereocenters. The highest BCUT2D eigenvalue weighted by molar-refractivity contribution is 7.18. The fraction of sp³-hybridized carbons (Fsp3) is 0.167. The Morgan fingerprint density at radius 1 is 1.40 bits per heavy atom. The highest BCUT2D eigenvalue weighted by Gasteiger charge is 2.18. The first-order valence-electron chi connectivity index (χ1n) is 5.78. The van der Waals surface area contributed by atoms with Crippen molar-refractivity contribution in [1.82, 2.24) is 19.7 Å². The van der Waals surface area contributed by atoms with E-state index >= 15 is 0 Å². The Morgan fingerprint density at radius 3 is 2.80 bits per heavy atom. The molecule has 3 rings (SSSR count). The number of thiophene rings is 1. The van der Waals surface area contributed by atoms with Gasteiger partial charge in [0.05, 0.1) is 17.3 Å². The summed E-state index contributed by atoms with van der Waals surface area (Å²) in [5, 5.41) is 13.9. The maximum Gasteiger partial charge on any atom is 0.358 e. The summed E-state index contributed by atoms with van der Waals surface area (Å²) in [6, 6.07) is 0. The van der Waals surface area contributed by atoms with Crippen LogP contribution in [0.4, 0.5) is 5.69 Å². The van der Waals surface area contributed by atoms with E-state index in [0.29, 0.717) is 5.82 Å². The van der Waals surface area contributed by atoms with Gasteiger partial charge in [-0.2, -0.15) is 5.10 Å². The molecule has 0 bridgehead atoms. The van der Waals surface area contributed by atoms with Crippen molar-refractivity contribution in [2.24, 2.45) is 0 Å². The lowest BCUT2D eigenvalue weighted by molar-refractivity contribution is 0.0691. The summed E-state index contributed by atoms with van der Waals surface area (Å²) < 4.78 is 1.39. The molecule has 3 heterocycles. The molecular formula is C12H11N5O2S. The van der Waals surface area contributed by atoms with E-state index in [1.54, 1.807) is 11.3 Å². The van der Waals surface area contributed by atoms with Gasteiger partial charge in [-0.1, -0.05) is 0 Å². The minimum Gasteiger partial charge on any atom is -0.476 e. The van der Waals surface area contributed by atoms with Gasteiger partial charge in [0, 0.05) is 4.88 Å². The maximum absolute atomic E-state index is 11.0. The molecule has 0 saturated carbocycles. The summed E-state index contributed by atoms with van der Waals surface area (Å²) in [4.78, 5) is 21.4. The Bertz CT molecular complexity index is 836. The highest BCUT2D eigenvalue weighted by atomic mass is 32.1. The van der Waals surface area contributed by atoms with E-state index in [2.05, 4.69) is 15.1 Å². The summed E-state index contributed by atoms with van der Waals surface area (Å²) in [6.45, 7) is 3.98. The van der Waals surface area contributed by atoms with Gasteiger partial charge in [0.25, 0.3) is 0 Å². The molecule has 20 heavy (non-hydrogen) atoms. The number of rotatable bonds is 2. The molecule has 0 radical (unpaired) electrons. The Balaban J connectivity index is 2.29. The normalized spacial score (nSPS) is 11.1. The van der Waals surface area contributed by atoms with Gasteiger partial charge in [-0.25, -0.2) is 19.4 Å². The summed E-state index contributed by atoms with van der Waals surface area (Å²) in [5.41, 5.74) is 6.65. The van der Waals surface area contributed by atoms with Crippen LogP contribution in [0, 0.1) is 13.8 Å².